The maximum atomic E-state index is 12.1. The Morgan fingerprint density at radius 1 is 1.33 bits per heavy atom. The average Bonchev–Trinajstić information content (AvgIpc) is 2.59. The first-order chi connectivity index (χ1) is 11.4. The summed E-state index contributed by atoms with van der Waals surface area (Å²) in [6.07, 6.45) is 13.2. The highest BCUT2D eigenvalue weighted by molar-refractivity contribution is 7.89. The maximum absolute atomic E-state index is 12.1. The number of methoxy groups -OCH3 is 1. The van der Waals surface area contributed by atoms with Crippen LogP contribution in [0.4, 0.5) is 0 Å². The van der Waals surface area contributed by atoms with E-state index in [2.05, 4.69) is 16.6 Å². The summed E-state index contributed by atoms with van der Waals surface area (Å²) < 4.78 is 31.3. The average molecular weight is 346 g/mol. The fraction of sp³-hybridized carbons (Fsp3) is 0.235. The predicted molar refractivity (Wildman–Crippen MR) is 92.5 cm³/mol. The molecule has 0 fully saturated rings. The van der Waals surface area contributed by atoms with E-state index in [4.69, 9.17) is 17.6 Å². The fourth-order valence-electron chi connectivity index (χ4n) is 1.82. The van der Waals surface area contributed by atoms with Gasteiger partial charge in [-0.25, -0.2) is 13.1 Å². The molecule has 1 aromatic rings. The van der Waals surface area contributed by atoms with Crippen molar-refractivity contribution >= 4 is 22.0 Å². The first kappa shape index (κ1) is 19.3. The first-order valence-electron chi connectivity index (χ1n) is 6.85. The number of rotatable bonds is 7. The summed E-state index contributed by atoms with van der Waals surface area (Å²) in [4.78, 5) is 13.3. The number of nitrogens with zero attached hydrogens (tertiary/aromatic N) is 1. The smallest absolute Gasteiger partial charge is 0.248 e. The zero-order chi connectivity index (χ0) is 18.2. The Balaban J connectivity index is 3.12. The molecule has 1 N–H and O–H groups in total. The fourth-order valence-corrected chi connectivity index (χ4v) is 2.75. The van der Waals surface area contributed by atoms with Gasteiger partial charge in [-0.1, -0.05) is 17.9 Å². The Bertz CT molecular complexity index is 798. The molecule has 0 aliphatic rings. The van der Waals surface area contributed by atoms with Gasteiger partial charge in [0.05, 0.1) is 20.2 Å². The lowest BCUT2D eigenvalue weighted by Gasteiger charge is -2.14. The highest BCUT2D eigenvalue weighted by Crippen LogP contribution is 2.25. The Morgan fingerprint density at radius 2 is 1.96 bits per heavy atom. The minimum atomic E-state index is -3.69. The Kier molecular flexibility index (Phi) is 7.06. The van der Waals surface area contributed by atoms with Crippen molar-refractivity contribution in [2.75, 3.05) is 27.2 Å². The summed E-state index contributed by atoms with van der Waals surface area (Å²) in [5, 5.41) is 0. The standard InChI is InChI=1S/C17H18N2O4S/c1-5-11-19(12-6-2)17(20)10-8-14-7-9-15(23-4)16(13-14)24(21,22)18-3/h1-2,7-10,13,18H,11-12H2,3-4H3/b10-8+. The lowest BCUT2D eigenvalue weighted by molar-refractivity contribution is -0.124. The molecule has 0 radical (unpaired) electrons. The molecular formula is C17H18N2O4S. The van der Waals surface area contributed by atoms with Crippen LogP contribution in [-0.2, 0) is 14.8 Å². The maximum Gasteiger partial charge on any atom is 0.248 e. The van der Waals surface area contributed by atoms with E-state index in [9.17, 15) is 13.2 Å². The zero-order valence-electron chi connectivity index (χ0n) is 13.4. The largest absolute Gasteiger partial charge is 0.495 e. The molecule has 0 atom stereocenters. The van der Waals surface area contributed by atoms with Crippen molar-refractivity contribution in [3.63, 3.8) is 0 Å². The Labute approximate surface area is 142 Å². The van der Waals surface area contributed by atoms with Gasteiger partial charge in [0.1, 0.15) is 10.6 Å². The van der Waals surface area contributed by atoms with E-state index in [1.165, 1.54) is 43.3 Å². The third-order valence-electron chi connectivity index (χ3n) is 3.04. The van der Waals surface area contributed by atoms with Crippen LogP contribution in [0.3, 0.4) is 0 Å². The van der Waals surface area contributed by atoms with Crippen LogP contribution in [0.25, 0.3) is 6.08 Å². The second kappa shape index (κ2) is 8.78. The van der Waals surface area contributed by atoms with Crippen molar-refractivity contribution in [3.05, 3.63) is 29.8 Å². The van der Waals surface area contributed by atoms with Crippen molar-refractivity contribution in [1.29, 1.82) is 0 Å². The second-order valence-corrected chi connectivity index (χ2v) is 6.41. The number of nitrogens with one attached hydrogen (secondary N) is 1. The summed E-state index contributed by atoms with van der Waals surface area (Å²) in [5.41, 5.74) is 0.513. The summed E-state index contributed by atoms with van der Waals surface area (Å²) in [6.45, 7) is 0.185. The van der Waals surface area contributed by atoms with Crippen LogP contribution in [0.15, 0.2) is 29.2 Å². The van der Waals surface area contributed by atoms with Gasteiger partial charge in [0, 0.05) is 6.08 Å². The van der Waals surface area contributed by atoms with Gasteiger partial charge < -0.3 is 9.64 Å². The lowest BCUT2D eigenvalue weighted by atomic mass is 10.2. The van der Waals surface area contributed by atoms with Crippen molar-refractivity contribution in [2.45, 2.75) is 4.90 Å². The van der Waals surface area contributed by atoms with Crippen molar-refractivity contribution in [3.8, 4) is 30.4 Å². The van der Waals surface area contributed by atoms with Gasteiger partial charge in [0.25, 0.3) is 0 Å². The van der Waals surface area contributed by atoms with Crippen LogP contribution in [0, 0.1) is 24.7 Å². The highest BCUT2D eigenvalue weighted by Gasteiger charge is 2.17. The van der Waals surface area contributed by atoms with Crippen LogP contribution in [-0.4, -0.2) is 46.5 Å². The summed E-state index contributed by atoms with van der Waals surface area (Å²) >= 11 is 0. The van der Waals surface area contributed by atoms with Crippen LogP contribution in [0.1, 0.15) is 5.56 Å². The molecule has 0 aliphatic heterocycles. The van der Waals surface area contributed by atoms with E-state index in [-0.39, 0.29) is 29.6 Å². The van der Waals surface area contributed by atoms with E-state index in [0.717, 1.165) is 0 Å². The molecule has 0 unspecified atom stereocenters. The van der Waals surface area contributed by atoms with Crippen LogP contribution in [0.2, 0.25) is 0 Å². The van der Waals surface area contributed by atoms with Crippen molar-refractivity contribution < 1.29 is 17.9 Å². The minimum Gasteiger partial charge on any atom is -0.495 e. The molecule has 0 aliphatic carbocycles. The Hall–Kier alpha value is -2.74. The Morgan fingerprint density at radius 3 is 2.46 bits per heavy atom. The molecular weight excluding hydrogens is 328 g/mol. The number of ether oxygens (including phenoxy) is 1. The molecule has 24 heavy (non-hydrogen) atoms. The van der Waals surface area contributed by atoms with E-state index >= 15 is 0 Å². The molecule has 1 rings (SSSR count). The number of hydrogen-bond acceptors (Lipinski definition) is 4. The number of terminal acetylenes is 2. The number of carbonyl (C=O) groups excluding carboxylic acids is 1. The van der Waals surface area contributed by atoms with Crippen LogP contribution in [0.5, 0.6) is 5.75 Å². The molecule has 0 heterocycles. The van der Waals surface area contributed by atoms with Crippen LogP contribution >= 0.6 is 0 Å². The molecule has 1 amide bonds. The normalized spacial score (nSPS) is 10.8. The van der Waals surface area contributed by atoms with Gasteiger partial charge in [-0.3, -0.25) is 4.79 Å². The molecule has 1 aromatic carbocycles. The lowest BCUT2D eigenvalue weighted by Crippen LogP contribution is -2.30. The monoisotopic (exact) mass is 346 g/mol. The van der Waals surface area contributed by atoms with Gasteiger partial charge in [0.2, 0.25) is 15.9 Å². The van der Waals surface area contributed by atoms with Gasteiger partial charge >= 0.3 is 0 Å². The van der Waals surface area contributed by atoms with Crippen LogP contribution < -0.4 is 9.46 Å². The number of carbonyl (C=O) groups is 1. The molecule has 126 valence electrons. The number of amides is 1. The van der Waals surface area contributed by atoms with Gasteiger partial charge in [-0.15, -0.1) is 12.8 Å². The SMILES string of the molecule is C#CCN(CC#C)C(=O)/C=C/c1ccc(OC)c(S(=O)(=O)NC)c1. The van der Waals surface area contributed by atoms with E-state index in [1.54, 1.807) is 6.07 Å². The van der Waals surface area contributed by atoms with Gasteiger partial charge in [-0.2, -0.15) is 0 Å². The molecule has 0 aromatic heterocycles. The van der Waals surface area contributed by atoms with Gasteiger partial charge in [0.15, 0.2) is 0 Å². The summed E-state index contributed by atoms with van der Waals surface area (Å²) in [5.74, 6) is 4.55. The molecule has 6 nitrogen and oxygen atoms in total. The zero-order valence-corrected chi connectivity index (χ0v) is 14.3. The number of benzene rings is 1. The van der Waals surface area contributed by atoms with E-state index < -0.39 is 10.0 Å². The molecule has 0 saturated carbocycles. The van der Waals surface area contributed by atoms with Gasteiger partial charge in [-0.05, 0) is 30.8 Å². The third kappa shape index (κ3) is 4.88. The van der Waals surface area contributed by atoms with Crippen molar-refractivity contribution in [1.82, 2.24) is 9.62 Å². The topological polar surface area (TPSA) is 75.7 Å². The second-order valence-electron chi connectivity index (χ2n) is 4.55. The molecule has 0 bridgehead atoms. The summed E-state index contributed by atoms with van der Waals surface area (Å²) in [7, 11) is -1.01. The highest BCUT2D eigenvalue weighted by atomic mass is 32.2. The first-order valence-corrected chi connectivity index (χ1v) is 8.33. The number of hydrogen-bond donors (Lipinski definition) is 1. The molecule has 7 heteroatoms. The van der Waals surface area contributed by atoms with Crippen molar-refractivity contribution in [2.24, 2.45) is 0 Å². The van der Waals surface area contributed by atoms with E-state index in [0.29, 0.717) is 5.56 Å². The third-order valence-corrected chi connectivity index (χ3v) is 4.48. The quantitative estimate of drug-likeness (QED) is 0.583. The minimum absolute atomic E-state index is 0.0220. The molecule has 0 spiro atoms. The summed E-state index contributed by atoms with van der Waals surface area (Å²) in [6, 6.07) is 4.54. The van der Waals surface area contributed by atoms with E-state index in [1.807, 2.05) is 0 Å². The predicted octanol–water partition coefficient (Wildman–Crippen LogP) is 0.712. The molecule has 0 saturated heterocycles. The number of sulfonamides is 1.